The predicted octanol–water partition coefficient (Wildman–Crippen LogP) is 7.51. The molecule has 0 saturated heterocycles. The third kappa shape index (κ3) is 3.64. The van der Waals surface area contributed by atoms with Crippen molar-refractivity contribution in [1.29, 1.82) is 0 Å². The smallest absolute Gasteiger partial charge is 0.164 e. The van der Waals surface area contributed by atoms with Crippen LogP contribution in [0, 0.1) is 0 Å². The van der Waals surface area contributed by atoms with E-state index in [0.717, 1.165) is 55.3 Å². The van der Waals surface area contributed by atoms with Gasteiger partial charge in [-0.25, -0.2) is 19.6 Å². The second-order valence-electron chi connectivity index (χ2n) is 9.49. The van der Waals surface area contributed by atoms with Crippen LogP contribution in [0.25, 0.3) is 72.8 Å². The van der Waals surface area contributed by atoms with Crippen molar-refractivity contribution in [3.05, 3.63) is 121 Å². The Morgan fingerprint density at radius 2 is 1.23 bits per heavy atom. The molecule has 0 amide bonds. The first kappa shape index (κ1) is 22.3. The van der Waals surface area contributed by atoms with Crippen LogP contribution in [0.2, 0.25) is 0 Å². The Labute approximate surface area is 228 Å². The van der Waals surface area contributed by atoms with Crippen molar-refractivity contribution < 1.29 is 4.42 Å². The van der Waals surface area contributed by atoms with Crippen molar-refractivity contribution in [3.63, 3.8) is 0 Å². The molecule has 40 heavy (non-hydrogen) atoms. The largest absolute Gasteiger partial charge is 0.456 e. The van der Waals surface area contributed by atoms with Crippen LogP contribution in [-0.2, 0) is 0 Å². The summed E-state index contributed by atoms with van der Waals surface area (Å²) in [5.41, 5.74) is 6.92. The van der Waals surface area contributed by atoms with Gasteiger partial charge in [-0.3, -0.25) is 0 Å². The van der Waals surface area contributed by atoms with Crippen LogP contribution in [0.5, 0.6) is 0 Å². The lowest BCUT2D eigenvalue weighted by Gasteiger charge is -2.09. The van der Waals surface area contributed by atoms with E-state index in [1.807, 2.05) is 120 Å². The molecule has 188 valence electrons. The Kier molecular flexibility index (Phi) is 4.99. The Balaban J connectivity index is 1.38. The highest BCUT2D eigenvalue weighted by molar-refractivity contribution is 6.12. The molecule has 3 heterocycles. The van der Waals surface area contributed by atoms with Crippen LogP contribution >= 0.6 is 0 Å². The highest BCUT2D eigenvalue weighted by Crippen LogP contribution is 2.37. The number of hydrogen-bond acceptors (Lipinski definition) is 6. The second kappa shape index (κ2) is 8.96. The lowest BCUT2D eigenvalue weighted by molar-refractivity contribution is 0.668. The van der Waals surface area contributed by atoms with E-state index in [0.29, 0.717) is 17.5 Å². The first-order chi connectivity index (χ1) is 19.8. The molecule has 0 atom stereocenters. The minimum atomic E-state index is 0.581. The van der Waals surface area contributed by atoms with Crippen LogP contribution in [-0.4, -0.2) is 29.9 Å². The van der Waals surface area contributed by atoms with Crippen molar-refractivity contribution in [2.45, 2.75) is 0 Å². The molecule has 8 aromatic rings. The van der Waals surface area contributed by atoms with Gasteiger partial charge in [-0.15, -0.1) is 5.10 Å². The van der Waals surface area contributed by atoms with Crippen LogP contribution in [0.1, 0.15) is 0 Å². The molecule has 0 aliphatic carbocycles. The second-order valence-corrected chi connectivity index (χ2v) is 9.49. The maximum absolute atomic E-state index is 6.29. The van der Waals surface area contributed by atoms with E-state index in [-0.39, 0.29) is 0 Å². The van der Waals surface area contributed by atoms with E-state index in [1.54, 1.807) is 0 Å². The normalized spacial score (nSPS) is 11.5. The van der Waals surface area contributed by atoms with Crippen molar-refractivity contribution in [1.82, 2.24) is 29.9 Å². The average molecular weight is 517 g/mol. The average Bonchev–Trinajstić information content (AvgIpc) is 3.63. The van der Waals surface area contributed by atoms with Gasteiger partial charge in [0.2, 0.25) is 0 Å². The van der Waals surface area contributed by atoms with E-state index in [4.69, 9.17) is 19.4 Å². The fourth-order valence-electron chi connectivity index (χ4n) is 5.12. The molecule has 0 aliphatic rings. The van der Waals surface area contributed by atoms with Crippen LogP contribution in [0.4, 0.5) is 0 Å². The zero-order valence-electron chi connectivity index (χ0n) is 21.1. The minimum Gasteiger partial charge on any atom is -0.456 e. The van der Waals surface area contributed by atoms with Crippen molar-refractivity contribution in [2.24, 2.45) is 0 Å². The Morgan fingerprint density at radius 3 is 1.98 bits per heavy atom. The summed E-state index contributed by atoms with van der Waals surface area (Å²) in [5.74, 6) is 1.81. The van der Waals surface area contributed by atoms with Gasteiger partial charge < -0.3 is 4.42 Å². The molecular weight excluding hydrogens is 496 g/mol. The molecule has 0 bridgehead atoms. The Morgan fingerprint density at radius 1 is 0.550 bits per heavy atom. The van der Waals surface area contributed by atoms with E-state index in [9.17, 15) is 0 Å². The molecule has 7 heteroatoms. The molecule has 0 radical (unpaired) electrons. The molecule has 0 aliphatic heterocycles. The van der Waals surface area contributed by atoms with E-state index >= 15 is 0 Å². The molecule has 0 unspecified atom stereocenters. The summed E-state index contributed by atoms with van der Waals surface area (Å²) in [5, 5.41) is 10.6. The third-order valence-corrected chi connectivity index (χ3v) is 7.02. The number of aromatic nitrogens is 6. The van der Waals surface area contributed by atoms with Crippen LogP contribution in [0.15, 0.2) is 126 Å². The summed E-state index contributed by atoms with van der Waals surface area (Å²) in [7, 11) is 0. The molecule has 3 aromatic heterocycles. The fourth-order valence-corrected chi connectivity index (χ4v) is 5.12. The zero-order chi connectivity index (χ0) is 26.5. The number of furan rings is 1. The monoisotopic (exact) mass is 516 g/mol. The number of para-hydroxylation sites is 1. The summed E-state index contributed by atoms with van der Waals surface area (Å²) in [6.07, 6.45) is 0. The number of rotatable bonds is 4. The summed E-state index contributed by atoms with van der Waals surface area (Å²) in [4.78, 5) is 14.8. The molecule has 8 rings (SSSR count). The van der Waals surface area contributed by atoms with Gasteiger partial charge in [0.05, 0.1) is 11.2 Å². The van der Waals surface area contributed by atoms with Gasteiger partial charge in [0, 0.05) is 27.5 Å². The Hall–Kier alpha value is -5.69. The topological polar surface area (TPSA) is 82.5 Å². The summed E-state index contributed by atoms with van der Waals surface area (Å²) >= 11 is 0. The van der Waals surface area contributed by atoms with Crippen LogP contribution in [0.3, 0.4) is 0 Å². The fraction of sp³-hybridized carbons (Fsp3) is 0. The maximum atomic E-state index is 6.29. The van der Waals surface area contributed by atoms with Crippen LogP contribution < -0.4 is 0 Å². The van der Waals surface area contributed by atoms with Gasteiger partial charge in [-0.05, 0) is 36.4 Å². The SMILES string of the molecule is c1ccc(-c2nc(-c3ccccc3)nc(-c3cccc4oc5ccc(-n6nnc7ccccc76)cc5c34)n2)cc1. The molecule has 0 spiro atoms. The predicted molar refractivity (Wildman–Crippen MR) is 156 cm³/mol. The first-order valence-electron chi connectivity index (χ1n) is 13.0. The van der Waals surface area contributed by atoms with Crippen molar-refractivity contribution >= 4 is 33.0 Å². The summed E-state index contributed by atoms with van der Waals surface area (Å²) < 4.78 is 8.14. The molecule has 0 N–H and O–H groups in total. The standard InChI is InChI=1S/C33H20N6O/c1-3-10-21(11-4-1)31-34-32(22-12-5-2-6-13-22)36-33(35-31)24-14-9-17-29-30(24)25-20-23(18-19-28(25)40-29)39-27-16-8-7-15-26(27)37-38-39/h1-20H. The van der Waals surface area contributed by atoms with Gasteiger partial charge in [-0.1, -0.05) is 90.1 Å². The lowest BCUT2D eigenvalue weighted by atomic mass is 10.0. The van der Waals surface area contributed by atoms with Crippen molar-refractivity contribution in [3.8, 4) is 39.9 Å². The number of fused-ring (bicyclic) bond motifs is 4. The highest BCUT2D eigenvalue weighted by Gasteiger charge is 2.18. The molecule has 0 saturated carbocycles. The number of nitrogens with zero attached hydrogens (tertiary/aromatic N) is 6. The van der Waals surface area contributed by atoms with E-state index in [1.165, 1.54) is 0 Å². The molecule has 7 nitrogen and oxygen atoms in total. The maximum Gasteiger partial charge on any atom is 0.164 e. The zero-order valence-corrected chi connectivity index (χ0v) is 21.1. The molecule has 0 fully saturated rings. The lowest BCUT2D eigenvalue weighted by Crippen LogP contribution is -2.00. The molecule has 5 aromatic carbocycles. The first-order valence-corrected chi connectivity index (χ1v) is 13.0. The van der Waals surface area contributed by atoms with Gasteiger partial charge in [0.1, 0.15) is 16.7 Å². The number of benzene rings is 5. The number of hydrogen-bond donors (Lipinski definition) is 0. The van der Waals surface area contributed by atoms with Gasteiger partial charge in [0.25, 0.3) is 0 Å². The van der Waals surface area contributed by atoms with Crippen molar-refractivity contribution in [2.75, 3.05) is 0 Å². The quantitative estimate of drug-likeness (QED) is 0.241. The van der Waals surface area contributed by atoms with Gasteiger partial charge in [-0.2, -0.15) is 0 Å². The minimum absolute atomic E-state index is 0.581. The summed E-state index contributed by atoms with van der Waals surface area (Å²) in [6, 6.07) is 39.9. The van der Waals surface area contributed by atoms with E-state index < -0.39 is 0 Å². The van der Waals surface area contributed by atoms with Gasteiger partial charge >= 0.3 is 0 Å². The highest BCUT2D eigenvalue weighted by atomic mass is 16.3. The van der Waals surface area contributed by atoms with Gasteiger partial charge in [0.15, 0.2) is 17.5 Å². The Bertz CT molecular complexity index is 2110. The molecular formula is C33H20N6O. The summed E-state index contributed by atoms with van der Waals surface area (Å²) in [6.45, 7) is 0. The van der Waals surface area contributed by atoms with E-state index in [2.05, 4.69) is 16.4 Å². The third-order valence-electron chi connectivity index (χ3n) is 7.02.